The number of nitrogens with one attached hydrogen (secondary N) is 2. The maximum absolute atomic E-state index is 12.7. The van der Waals surface area contributed by atoms with Gasteiger partial charge in [-0.2, -0.15) is 18.3 Å². The van der Waals surface area contributed by atoms with E-state index in [0.29, 0.717) is 28.7 Å². The Kier molecular flexibility index (Phi) is 10.4. The van der Waals surface area contributed by atoms with Crippen molar-refractivity contribution in [3.63, 3.8) is 0 Å². The van der Waals surface area contributed by atoms with Gasteiger partial charge in [-0.25, -0.2) is 19.4 Å². The monoisotopic (exact) mass is 668 g/mol. The zero-order chi connectivity index (χ0) is 33.6. The van der Waals surface area contributed by atoms with Gasteiger partial charge in [0.1, 0.15) is 17.2 Å². The van der Waals surface area contributed by atoms with Crippen molar-refractivity contribution >= 4 is 39.4 Å². The lowest BCUT2D eigenvalue weighted by atomic mass is 9.94. The molecule has 1 atom stereocenters. The number of methoxy groups -OCH3 is 1. The first-order valence-corrected chi connectivity index (χ1v) is 15.3. The summed E-state index contributed by atoms with van der Waals surface area (Å²) in [4.78, 5) is 31.5. The topological polar surface area (TPSA) is 140 Å². The van der Waals surface area contributed by atoms with E-state index in [1.165, 1.54) is 11.3 Å². The van der Waals surface area contributed by atoms with Gasteiger partial charge in [0.15, 0.2) is 10.8 Å². The summed E-state index contributed by atoms with van der Waals surface area (Å²) in [6, 6.07) is 17.0. The molecule has 246 valence electrons. The van der Waals surface area contributed by atoms with Gasteiger partial charge in [-0.1, -0.05) is 12.1 Å². The van der Waals surface area contributed by atoms with E-state index in [4.69, 9.17) is 29.5 Å². The van der Waals surface area contributed by atoms with E-state index in [1.54, 1.807) is 43.8 Å². The summed E-state index contributed by atoms with van der Waals surface area (Å²) in [5.41, 5.74) is 3.41. The number of piperidine rings is 1. The van der Waals surface area contributed by atoms with E-state index in [1.807, 2.05) is 41.9 Å². The Hall–Kier alpha value is -5.02. The highest BCUT2D eigenvalue weighted by Crippen LogP contribution is 2.37. The van der Waals surface area contributed by atoms with E-state index in [-0.39, 0.29) is 11.8 Å². The van der Waals surface area contributed by atoms with E-state index in [9.17, 15) is 18.0 Å². The van der Waals surface area contributed by atoms with Gasteiger partial charge in [0.2, 0.25) is 0 Å². The molecule has 1 unspecified atom stereocenters. The van der Waals surface area contributed by atoms with Crippen molar-refractivity contribution in [2.24, 2.45) is 0 Å². The predicted molar refractivity (Wildman–Crippen MR) is 169 cm³/mol. The third-order valence-electron chi connectivity index (χ3n) is 7.23. The molecule has 0 radical (unpaired) electrons. The maximum atomic E-state index is 12.7. The molecule has 0 saturated carbocycles. The van der Waals surface area contributed by atoms with Gasteiger partial charge >= 0.3 is 12.1 Å². The normalized spacial score (nSPS) is 14.6. The molecular weight excluding hydrogens is 637 g/mol. The molecule has 1 fully saturated rings. The number of anilines is 1. The molecule has 1 saturated heterocycles. The first-order chi connectivity index (χ1) is 22.5. The van der Waals surface area contributed by atoms with Crippen LogP contribution >= 0.6 is 11.3 Å². The second-order valence-electron chi connectivity index (χ2n) is 10.6. The van der Waals surface area contributed by atoms with Crippen molar-refractivity contribution in [3.8, 4) is 17.2 Å². The van der Waals surface area contributed by atoms with Crippen LogP contribution in [0.2, 0.25) is 0 Å². The third-order valence-corrected chi connectivity index (χ3v) is 8.05. The average Bonchev–Trinajstić information content (AvgIpc) is 3.65. The predicted octanol–water partition coefficient (Wildman–Crippen LogP) is 6.40. The van der Waals surface area contributed by atoms with Gasteiger partial charge in [0.25, 0.3) is 5.91 Å². The van der Waals surface area contributed by atoms with Crippen LogP contribution in [0.25, 0.3) is 11.0 Å². The number of halogens is 3. The number of benzene rings is 2. The molecule has 1 aliphatic heterocycles. The molecule has 6 rings (SSSR count). The highest BCUT2D eigenvalue weighted by atomic mass is 32.1. The van der Waals surface area contributed by atoms with E-state index in [0.717, 1.165) is 58.8 Å². The lowest BCUT2D eigenvalue weighted by Gasteiger charge is -2.21. The first kappa shape index (κ1) is 33.3. The van der Waals surface area contributed by atoms with Crippen LogP contribution in [0.5, 0.6) is 17.2 Å². The molecule has 3 N–H and O–H groups in total. The number of pyridine rings is 1. The minimum atomic E-state index is -5.08. The summed E-state index contributed by atoms with van der Waals surface area (Å²) in [6.45, 7) is 4.42. The number of thiazole rings is 1. The number of rotatable bonds is 8. The number of carbonyl (C=O) groups is 2. The summed E-state index contributed by atoms with van der Waals surface area (Å²) in [6.07, 6.45) is 0.560. The molecular formula is C32H31F3N6O5S. The molecule has 2 aromatic carbocycles. The number of nitrogens with zero attached hydrogens (tertiary/aromatic N) is 4. The third kappa shape index (κ3) is 8.42. The molecule has 15 heteroatoms. The van der Waals surface area contributed by atoms with Crippen LogP contribution in [0.4, 0.5) is 18.3 Å². The van der Waals surface area contributed by atoms with E-state index in [2.05, 4.69) is 15.6 Å². The van der Waals surface area contributed by atoms with Crippen LogP contribution in [0.3, 0.4) is 0 Å². The number of carbonyl (C=O) groups excluding carboxylic acids is 1. The molecule has 47 heavy (non-hydrogen) atoms. The largest absolute Gasteiger partial charge is 0.497 e. The SMILES string of the molecule is COc1ccc(Cn2nc(C3CCCNC3)c3c(Oc4ccc(C(=O)Nc5ncc(C)s5)cc4)ccnc32)cc1.O=C(O)C(F)(F)F. The molecule has 1 aliphatic rings. The lowest BCUT2D eigenvalue weighted by Crippen LogP contribution is -2.28. The fraction of sp³-hybridized carbons (Fsp3) is 0.281. The maximum Gasteiger partial charge on any atom is 0.490 e. The van der Waals surface area contributed by atoms with Gasteiger partial charge < -0.3 is 19.9 Å². The van der Waals surface area contributed by atoms with Crippen LogP contribution < -0.4 is 20.1 Å². The number of aromatic nitrogens is 4. The standard InChI is InChI=1S/C30H30N6O3S.C2HF3O2/c1-19-16-33-30(40-19)34-29(37)21-7-11-24(12-8-21)39-25-13-15-32-28-26(25)27(22-4-3-14-31-17-22)35-36(28)18-20-5-9-23(38-2)10-6-20;3-2(4,5)1(6)7/h5-13,15-16,22,31H,3-4,14,17-18H2,1-2H3,(H,33,34,37);(H,6,7). The van der Waals surface area contributed by atoms with Crippen molar-refractivity contribution in [1.82, 2.24) is 25.1 Å². The molecule has 0 aliphatic carbocycles. The van der Waals surface area contributed by atoms with Crippen molar-refractivity contribution in [2.45, 2.75) is 38.4 Å². The summed E-state index contributed by atoms with van der Waals surface area (Å²) >= 11 is 1.44. The van der Waals surface area contributed by atoms with Crippen molar-refractivity contribution < 1.29 is 37.3 Å². The summed E-state index contributed by atoms with van der Waals surface area (Å²) in [5.74, 6) is -0.558. The van der Waals surface area contributed by atoms with E-state index >= 15 is 0 Å². The van der Waals surface area contributed by atoms with Gasteiger partial charge in [0.05, 0.1) is 24.7 Å². The Balaban J connectivity index is 0.000000559. The zero-order valence-corrected chi connectivity index (χ0v) is 26.2. The molecule has 0 spiro atoms. The van der Waals surface area contributed by atoms with Gasteiger partial charge in [-0.15, -0.1) is 11.3 Å². The van der Waals surface area contributed by atoms with Crippen molar-refractivity contribution in [2.75, 3.05) is 25.5 Å². The Bertz CT molecular complexity index is 1840. The van der Waals surface area contributed by atoms with Crippen LogP contribution in [-0.2, 0) is 11.3 Å². The Morgan fingerprint density at radius 3 is 2.38 bits per heavy atom. The fourth-order valence-electron chi connectivity index (χ4n) is 4.95. The smallest absolute Gasteiger partial charge is 0.490 e. The number of fused-ring (bicyclic) bond motifs is 1. The molecule has 4 heterocycles. The number of ether oxygens (including phenoxy) is 2. The minimum absolute atomic E-state index is 0.209. The van der Waals surface area contributed by atoms with Gasteiger partial charge in [0, 0.05) is 35.3 Å². The first-order valence-electron chi connectivity index (χ1n) is 14.5. The second-order valence-corrected chi connectivity index (χ2v) is 11.8. The molecule has 0 bridgehead atoms. The summed E-state index contributed by atoms with van der Waals surface area (Å²) in [5, 5.41) is 20.1. The van der Waals surface area contributed by atoms with Crippen LogP contribution in [0.15, 0.2) is 67.0 Å². The Labute approximate surface area is 271 Å². The Morgan fingerprint density at radius 2 is 1.79 bits per heavy atom. The fourth-order valence-corrected chi connectivity index (χ4v) is 5.61. The van der Waals surface area contributed by atoms with Gasteiger partial charge in [-0.05, 0) is 74.3 Å². The number of alkyl halides is 3. The number of carboxylic acid groups (broad SMARTS) is 1. The van der Waals surface area contributed by atoms with E-state index < -0.39 is 12.1 Å². The van der Waals surface area contributed by atoms with Crippen molar-refractivity contribution in [1.29, 1.82) is 0 Å². The minimum Gasteiger partial charge on any atom is -0.497 e. The molecule has 11 nitrogen and oxygen atoms in total. The summed E-state index contributed by atoms with van der Waals surface area (Å²) in [7, 11) is 1.66. The zero-order valence-electron chi connectivity index (χ0n) is 25.4. The number of aliphatic carboxylic acids is 1. The van der Waals surface area contributed by atoms with Gasteiger partial charge in [-0.3, -0.25) is 10.1 Å². The number of aryl methyl sites for hydroxylation is 1. The lowest BCUT2D eigenvalue weighted by molar-refractivity contribution is -0.192. The molecule has 5 aromatic rings. The number of hydrogen-bond donors (Lipinski definition) is 3. The Morgan fingerprint density at radius 1 is 1.09 bits per heavy atom. The summed E-state index contributed by atoms with van der Waals surface area (Å²) < 4.78 is 45.4. The van der Waals surface area contributed by atoms with Crippen molar-refractivity contribution in [3.05, 3.63) is 88.7 Å². The number of carboxylic acids is 1. The quantitative estimate of drug-likeness (QED) is 0.171. The number of hydrogen-bond acceptors (Lipinski definition) is 9. The second kappa shape index (κ2) is 14.6. The highest BCUT2D eigenvalue weighted by molar-refractivity contribution is 7.15. The highest BCUT2D eigenvalue weighted by Gasteiger charge is 2.38. The molecule has 3 aromatic heterocycles. The average molecular weight is 669 g/mol. The van der Waals surface area contributed by atoms with Crippen LogP contribution in [0.1, 0.15) is 45.3 Å². The number of amides is 1. The van der Waals surface area contributed by atoms with Crippen LogP contribution in [-0.4, -0.2) is 63.1 Å². The molecule has 1 amide bonds. The van der Waals surface area contributed by atoms with Crippen LogP contribution in [0, 0.1) is 6.92 Å².